The maximum Gasteiger partial charge on any atom is 0.374 e. The number of hydrogen-bond acceptors (Lipinski definition) is 15. The molecule has 20 nitrogen and oxygen atoms in total. The third-order valence-corrected chi connectivity index (χ3v) is 9.23. The van der Waals surface area contributed by atoms with Crippen LogP contribution >= 0.6 is 0 Å². The van der Waals surface area contributed by atoms with E-state index in [-0.39, 0.29) is 60.6 Å². The van der Waals surface area contributed by atoms with Crippen LogP contribution in [0.5, 0.6) is 17.4 Å². The van der Waals surface area contributed by atoms with Gasteiger partial charge in [-0.25, -0.2) is 14.6 Å². The molecule has 292 valence electrons. The molecule has 0 saturated carbocycles. The van der Waals surface area contributed by atoms with E-state index in [2.05, 4.69) is 25.6 Å². The number of benzene rings is 1. The van der Waals surface area contributed by atoms with E-state index in [0.717, 1.165) is 6.42 Å². The highest BCUT2D eigenvalue weighted by Crippen LogP contribution is 2.39. The Morgan fingerprint density at radius 3 is 2.53 bits per heavy atom. The zero-order chi connectivity index (χ0) is 39.6. The van der Waals surface area contributed by atoms with E-state index in [9.17, 15) is 24.0 Å². The largest absolute Gasteiger partial charge is 0.493 e. The van der Waals surface area contributed by atoms with Gasteiger partial charge in [-0.3, -0.25) is 19.4 Å². The number of aromatic nitrogens is 4. The third-order valence-electron chi connectivity index (χ3n) is 9.23. The lowest BCUT2D eigenvalue weighted by Crippen LogP contribution is -2.54. The van der Waals surface area contributed by atoms with Crippen LogP contribution in [0.2, 0.25) is 0 Å². The van der Waals surface area contributed by atoms with E-state index in [1.54, 1.807) is 64.6 Å². The molecule has 20 heteroatoms. The van der Waals surface area contributed by atoms with Gasteiger partial charge >= 0.3 is 11.9 Å². The Labute approximate surface area is 315 Å². The molecular formula is C35H43N11O9. The van der Waals surface area contributed by atoms with Crippen molar-refractivity contribution in [3.05, 3.63) is 53.8 Å². The summed E-state index contributed by atoms with van der Waals surface area (Å²) in [6.45, 7) is 2.53. The summed E-state index contributed by atoms with van der Waals surface area (Å²) in [5, 5.41) is 5.43. The Kier molecular flexibility index (Phi) is 10.8. The lowest BCUT2D eigenvalue weighted by Gasteiger charge is -2.30. The van der Waals surface area contributed by atoms with Crippen molar-refractivity contribution in [2.75, 3.05) is 46.3 Å². The molecule has 0 aliphatic carbocycles. The average Bonchev–Trinajstić information content (AvgIpc) is 3.87. The minimum Gasteiger partial charge on any atom is -0.493 e. The number of hydrogen-bond donors (Lipinski definition) is 3. The molecule has 1 aromatic carbocycles. The number of anilines is 1. The number of likely N-dealkylation sites (N-methyl/N-ethyl adjacent to an activating group) is 2. The summed E-state index contributed by atoms with van der Waals surface area (Å²) >= 11 is 0. The Balaban J connectivity index is 0.995. The van der Waals surface area contributed by atoms with E-state index in [1.807, 2.05) is 0 Å². The van der Waals surface area contributed by atoms with Crippen LogP contribution in [-0.4, -0.2) is 122 Å². The first kappa shape index (κ1) is 38.3. The summed E-state index contributed by atoms with van der Waals surface area (Å²) in [6.07, 6.45) is 6.90. The van der Waals surface area contributed by atoms with Crippen molar-refractivity contribution in [2.24, 2.45) is 24.8 Å². The fourth-order valence-corrected chi connectivity index (χ4v) is 6.48. The topological polar surface area (TPSA) is 230 Å². The molecule has 3 aliphatic heterocycles. The smallest absolute Gasteiger partial charge is 0.374 e. The van der Waals surface area contributed by atoms with Crippen LogP contribution in [0.15, 0.2) is 41.5 Å². The number of carbonyl (C=O) groups excluding carboxylic acids is 5. The van der Waals surface area contributed by atoms with Crippen molar-refractivity contribution < 1.29 is 42.9 Å². The summed E-state index contributed by atoms with van der Waals surface area (Å²) in [5.74, 6) is -1.47. The SMILES string of the molecule is CCOC(=O)c1nc(OC(=O)C2N(C)C=C(NC(=O)c3nc(NC(=O)CCCOc4cc5c(cc4OC)C(=O)N4CCCC4(N)C=N5)cn3C)N2C)cn1C. The van der Waals surface area contributed by atoms with Crippen LogP contribution < -0.4 is 30.6 Å². The molecule has 3 amide bonds. The van der Waals surface area contributed by atoms with E-state index < -0.39 is 29.7 Å². The average molecular weight is 762 g/mol. The van der Waals surface area contributed by atoms with E-state index in [4.69, 9.17) is 24.7 Å². The van der Waals surface area contributed by atoms with Gasteiger partial charge in [0.15, 0.2) is 17.3 Å². The Hall–Kier alpha value is -6.44. The summed E-state index contributed by atoms with van der Waals surface area (Å²) in [6, 6.07) is 3.22. The van der Waals surface area contributed by atoms with Crippen LogP contribution in [0.3, 0.4) is 0 Å². The summed E-state index contributed by atoms with van der Waals surface area (Å²) < 4.78 is 24.7. The van der Waals surface area contributed by atoms with Crippen LogP contribution in [0.4, 0.5) is 11.5 Å². The summed E-state index contributed by atoms with van der Waals surface area (Å²) in [5.41, 5.74) is 6.30. The van der Waals surface area contributed by atoms with E-state index in [1.165, 1.54) is 38.4 Å². The Morgan fingerprint density at radius 2 is 1.78 bits per heavy atom. The molecule has 3 aliphatic rings. The van der Waals surface area contributed by atoms with Crippen LogP contribution in [0, 0.1) is 0 Å². The first-order chi connectivity index (χ1) is 26.2. The number of aliphatic imine (C=N–C) groups is 1. The van der Waals surface area contributed by atoms with Crippen molar-refractivity contribution in [2.45, 2.75) is 44.4 Å². The number of nitrogens with zero attached hydrogens (tertiary/aromatic N) is 8. The molecule has 1 fully saturated rings. The van der Waals surface area contributed by atoms with Gasteiger partial charge in [0.05, 0.1) is 37.8 Å². The van der Waals surface area contributed by atoms with Crippen molar-refractivity contribution in [1.29, 1.82) is 0 Å². The molecule has 2 unspecified atom stereocenters. The number of fused-ring (bicyclic) bond motifs is 2. The highest BCUT2D eigenvalue weighted by atomic mass is 16.6. The number of imidazole rings is 2. The number of nitrogens with two attached hydrogens (primary N) is 1. The predicted molar refractivity (Wildman–Crippen MR) is 195 cm³/mol. The van der Waals surface area contributed by atoms with Gasteiger partial charge in [-0.15, -0.1) is 0 Å². The molecule has 3 aromatic rings. The van der Waals surface area contributed by atoms with Gasteiger partial charge in [-0.1, -0.05) is 0 Å². The number of nitrogens with one attached hydrogen (secondary N) is 2. The lowest BCUT2D eigenvalue weighted by atomic mass is 10.1. The van der Waals surface area contributed by atoms with Crippen molar-refractivity contribution in [1.82, 2.24) is 39.1 Å². The number of esters is 2. The number of amides is 3. The fourth-order valence-electron chi connectivity index (χ4n) is 6.48. The zero-order valence-corrected chi connectivity index (χ0v) is 31.3. The molecule has 6 rings (SSSR count). The number of aryl methyl sites for hydroxylation is 2. The molecule has 2 atom stereocenters. The van der Waals surface area contributed by atoms with Crippen molar-refractivity contribution in [3.63, 3.8) is 0 Å². The molecule has 5 heterocycles. The molecule has 55 heavy (non-hydrogen) atoms. The van der Waals surface area contributed by atoms with Gasteiger partial charge in [0.25, 0.3) is 11.8 Å². The van der Waals surface area contributed by atoms with Gasteiger partial charge in [0.1, 0.15) is 11.5 Å². The van der Waals surface area contributed by atoms with E-state index >= 15 is 0 Å². The first-order valence-corrected chi connectivity index (χ1v) is 17.5. The second-order valence-corrected chi connectivity index (χ2v) is 13.2. The standard InChI is InChI=1S/C35H43N11O9/c1-7-53-33(50)29-41-27(18-43(29)3)55-34(51)31-44(4)17-25(45(31)5)40-30(48)28-39-24(16-42(28)2)38-26(47)10-8-13-54-23-15-21-20(14-22(23)52-6)32(49)46-12-9-11-35(46,36)19-37-21/h14-19,31H,7-13,36H2,1-6H3,(H,38,47)(H,40,48). The van der Waals surface area contributed by atoms with Crippen LogP contribution in [0.1, 0.15) is 64.2 Å². The lowest BCUT2D eigenvalue weighted by molar-refractivity contribution is -0.143. The molecule has 0 bridgehead atoms. The van der Waals surface area contributed by atoms with Gasteiger partial charge in [0, 0.05) is 65.8 Å². The van der Waals surface area contributed by atoms with Gasteiger partial charge in [-0.05, 0) is 32.3 Å². The number of carbonyl (C=O) groups is 5. The molecule has 1 saturated heterocycles. The molecule has 0 spiro atoms. The quantitative estimate of drug-likeness (QED) is 0.164. The highest BCUT2D eigenvalue weighted by Gasteiger charge is 2.42. The summed E-state index contributed by atoms with van der Waals surface area (Å²) in [4.78, 5) is 82.0. The monoisotopic (exact) mass is 761 g/mol. The van der Waals surface area contributed by atoms with Crippen LogP contribution in [0.25, 0.3) is 0 Å². The summed E-state index contributed by atoms with van der Waals surface area (Å²) in [7, 11) is 7.86. The first-order valence-electron chi connectivity index (χ1n) is 17.5. The Morgan fingerprint density at radius 1 is 1.02 bits per heavy atom. The van der Waals surface area contributed by atoms with Crippen molar-refractivity contribution >= 4 is 47.4 Å². The van der Waals surface area contributed by atoms with E-state index in [0.29, 0.717) is 42.1 Å². The maximum atomic E-state index is 13.3. The van der Waals surface area contributed by atoms with Gasteiger partial charge in [0.2, 0.25) is 29.6 Å². The molecule has 0 radical (unpaired) electrons. The maximum absolute atomic E-state index is 13.3. The minimum atomic E-state index is -0.962. The minimum absolute atomic E-state index is 0.000904. The zero-order valence-electron chi connectivity index (χ0n) is 31.3. The molecule has 2 aromatic heterocycles. The van der Waals surface area contributed by atoms with Crippen molar-refractivity contribution in [3.8, 4) is 17.4 Å². The Bertz CT molecular complexity index is 2090. The molecule has 4 N–H and O–H groups in total. The normalized spacial score (nSPS) is 18.7. The van der Waals surface area contributed by atoms with Gasteiger partial charge in [-0.2, -0.15) is 4.98 Å². The fraction of sp³-hybridized carbons (Fsp3) is 0.429. The second-order valence-electron chi connectivity index (χ2n) is 13.2. The van der Waals surface area contributed by atoms with Gasteiger partial charge < -0.3 is 59.1 Å². The number of methoxy groups -OCH3 is 1. The number of rotatable bonds is 13. The molecular weight excluding hydrogens is 718 g/mol. The van der Waals surface area contributed by atoms with Crippen LogP contribution in [-0.2, 0) is 28.4 Å². The highest BCUT2D eigenvalue weighted by molar-refractivity contribution is 6.04. The predicted octanol–water partition coefficient (Wildman–Crippen LogP) is 1.08. The third kappa shape index (κ3) is 7.79. The number of ether oxygens (including phenoxy) is 4. The second kappa shape index (κ2) is 15.5.